The number of aliphatic hydroxyl groups excluding tert-OH is 1. The minimum Gasteiger partial charge on any atom is -0.506 e. The second-order valence-electron chi connectivity index (χ2n) is 12.2. The predicted molar refractivity (Wildman–Crippen MR) is 186 cm³/mol. The molecule has 0 heterocycles. The minimum absolute atomic E-state index is 0.0297. The van der Waals surface area contributed by atoms with Crippen LogP contribution in [0.15, 0.2) is 57.9 Å². The molecular formula is C37H56F3N3O4. The van der Waals surface area contributed by atoms with Crippen molar-refractivity contribution < 1.29 is 32.5 Å². The van der Waals surface area contributed by atoms with Gasteiger partial charge in [-0.25, -0.2) is 0 Å². The number of carbonyl (C=O) groups is 1. The Morgan fingerprint density at radius 2 is 1.77 bits per heavy atom. The van der Waals surface area contributed by atoms with Gasteiger partial charge in [0, 0.05) is 43.3 Å². The molecule has 1 aromatic rings. The number of rotatable bonds is 24. The molecule has 4 N–H and O–H groups in total. The quantitative estimate of drug-likeness (QED) is 0.0335. The van der Waals surface area contributed by atoms with Crippen LogP contribution in [0, 0.1) is 5.41 Å². The van der Waals surface area contributed by atoms with Crippen LogP contribution < -0.4 is 10.5 Å². The first-order valence-corrected chi connectivity index (χ1v) is 16.7. The Labute approximate surface area is 279 Å². The fourth-order valence-electron chi connectivity index (χ4n) is 5.46. The molecule has 0 saturated heterocycles. The number of hydrogen-bond donors (Lipinski definition) is 3. The number of benzene rings is 1. The van der Waals surface area contributed by atoms with Gasteiger partial charge in [-0.15, -0.1) is 0 Å². The number of hydrogen-bond acceptors (Lipinski definition) is 6. The number of allylic oxidation sites excluding steroid dienone is 3. The Morgan fingerprint density at radius 3 is 2.36 bits per heavy atom. The van der Waals surface area contributed by atoms with Crippen molar-refractivity contribution in [1.29, 1.82) is 5.41 Å². The first kappa shape index (κ1) is 41.6. The topological polar surface area (TPSA) is 118 Å². The maximum Gasteiger partial charge on any atom is 0.389 e. The second kappa shape index (κ2) is 22.2. The Bertz CT molecular complexity index is 1250. The predicted octanol–water partition coefficient (Wildman–Crippen LogP) is 9.86. The van der Waals surface area contributed by atoms with Crippen LogP contribution in [0.5, 0.6) is 5.75 Å². The maximum atomic E-state index is 12.4. The van der Waals surface area contributed by atoms with E-state index in [9.17, 15) is 23.1 Å². The lowest BCUT2D eigenvalue weighted by molar-refractivity contribution is -0.135. The number of nitrogens with two attached hydrogens (primary N) is 1. The smallest absolute Gasteiger partial charge is 0.389 e. The standard InChI is InChI=1S/C37H56F3N3O4/c1-7-15-28(17-10-8-9-12-22-37(38,39)40)30-21-20-29(33(24-30)47-6)18-14-16-27(4)43-25-31(26(2)3)35(44)34(36(42)45)32(41)19-11-13-23-46-5/h20-21,24-25,28,41,44H,4,7-19,22-23H2,1-3,5-6H3,(H2,42,45). The van der Waals surface area contributed by atoms with E-state index in [1.807, 2.05) is 0 Å². The highest BCUT2D eigenvalue weighted by Crippen LogP contribution is 2.33. The second-order valence-corrected chi connectivity index (χ2v) is 12.2. The number of halogens is 3. The number of alkyl halides is 3. The summed E-state index contributed by atoms with van der Waals surface area (Å²) in [7, 11) is 3.25. The molecule has 264 valence electrons. The molecular weight excluding hydrogens is 607 g/mol. The fraction of sp³-hybridized carbons (Fsp3) is 0.595. The fourth-order valence-corrected chi connectivity index (χ4v) is 5.46. The molecule has 1 unspecified atom stereocenters. The lowest BCUT2D eigenvalue weighted by Gasteiger charge is -2.19. The molecule has 47 heavy (non-hydrogen) atoms. The Hall–Kier alpha value is -3.40. The molecule has 0 spiro atoms. The number of unbranched alkanes of at least 4 members (excludes halogenated alkanes) is 4. The Kier molecular flexibility index (Phi) is 19.7. The highest BCUT2D eigenvalue weighted by atomic mass is 19.4. The van der Waals surface area contributed by atoms with Gasteiger partial charge in [0.15, 0.2) is 0 Å². The molecule has 1 atom stereocenters. The van der Waals surface area contributed by atoms with Crippen LogP contribution in [0.25, 0.3) is 0 Å². The molecule has 0 saturated carbocycles. The van der Waals surface area contributed by atoms with E-state index in [4.69, 9.17) is 20.6 Å². The van der Waals surface area contributed by atoms with Crippen LogP contribution in [0.1, 0.15) is 121 Å². The summed E-state index contributed by atoms with van der Waals surface area (Å²) in [6.07, 6.45) is 5.85. The van der Waals surface area contributed by atoms with Gasteiger partial charge in [-0.05, 0) is 94.7 Å². The molecule has 0 aliphatic carbocycles. The number of aryl methyl sites for hydroxylation is 1. The van der Waals surface area contributed by atoms with E-state index in [0.717, 1.165) is 62.7 Å². The number of aliphatic imine (C=N–C) groups is 1. The van der Waals surface area contributed by atoms with Crippen LogP contribution >= 0.6 is 0 Å². The van der Waals surface area contributed by atoms with E-state index in [2.05, 4.69) is 36.7 Å². The van der Waals surface area contributed by atoms with Crippen molar-refractivity contribution in [3.05, 3.63) is 64.1 Å². The van der Waals surface area contributed by atoms with Crippen molar-refractivity contribution in [2.75, 3.05) is 20.8 Å². The summed E-state index contributed by atoms with van der Waals surface area (Å²) in [6.45, 7) is 10.3. The zero-order valence-corrected chi connectivity index (χ0v) is 29.0. The van der Waals surface area contributed by atoms with Gasteiger partial charge in [0.05, 0.1) is 7.11 Å². The number of aliphatic hydroxyl groups is 1. The van der Waals surface area contributed by atoms with Crippen LogP contribution in [0.2, 0.25) is 0 Å². The van der Waals surface area contributed by atoms with Crippen molar-refractivity contribution >= 4 is 17.8 Å². The van der Waals surface area contributed by atoms with Crippen molar-refractivity contribution in [2.24, 2.45) is 10.7 Å². The summed E-state index contributed by atoms with van der Waals surface area (Å²) in [5.41, 5.74) is 9.19. The molecule has 1 amide bonds. The minimum atomic E-state index is -4.08. The molecule has 10 heteroatoms. The van der Waals surface area contributed by atoms with Crippen LogP contribution in [0.3, 0.4) is 0 Å². The van der Waals surface area contributed by atoms with Crippen molar-refractivity contribution in [2.45, 2.75) is 123 Å². The summed E-state index contributed by atoms with van der Waals surface area (Å²) in [6, 6.07) is 6.32. The molecule has 0 bridgehead atoms. The summed E-state index contributed by atoms with van der Waals surface area (Å²) >= 11 is 0. The molecule has 0 fully saturated rings. The number of carbonyl (C=O) groups excluding carboxylic acids is 1. The van der Waals surface area contributed by atoms with Crippen molar-refractivity contribution in [1.82, 2.24) is 0 Å². The normalized spacial score (nSPS) is 12.9. The maximum absolute atomic E-state index is 12.4. The highest BCUT2D eigenvalue weighted by Gasteiger charge is 2.26. The zero-order valence-electron chi connectivity index (χ0n) is 29.0. The van der Waals surface area contributed by atoms with Gasteiger partial charge >= 0.3 is 6.18 Å². The van der Waals surface area contributed by atoms with Crippen molar-refractivity contribution in [3.63, 3.8) is 0 Å². The van der Waals surface area contributed by atoms with Gasteiger partial charge in [0.2, 0.25) is 0 Å². The van der Waals surface area contributed by atoms with E-state index in [0.29, 0.717) is 48.6 Å². The van der Waals surface area contributed by atoms with Gasteiger partial charge in [-0.1, -0.05) is 56.9 Å². The largest absolute Gasteiger partial charge is 0.506 e. The molecule has 1 aromatic carbocycles. The first-order chi connectivity index (χ1) is 22.2. The number of primary amides is 1. The van der Waals surface area contributed by atoms with Gasteiger partial charge in [-0.2, -0.15) is 13.2 Å². The van der Waals surface area contributed by atoms with Crippen LogP contribution in [-0.2, 0) is 16.0 Å². The number of amides is 1. The number of nitrogens with one attached hydrogen (secondary N) is 1. The van der Waals surface area contributed by atoms with E-state index >= 15 is 0 Å². The average molecular weight is 664 g/mol. The van der Waals surface area contributed by atoms with Gasteiger partial charge in [0.25, 0.3) is 5.91 Å². The summed E-state index contributed by atoms with van der Waals surface area (Å²) in [5, 5.41) is 19.3. The summed E-state index contributed by atoms with van der Waals surface area (Å²) in [5.74, 6) is -0.0816. The van der Waals surface area contributed by atoms with Gasteiger partial charge < -0.3 is 25.7 Å². The molecule has 0 aliphatic rings. The number of methoxy groups -OCH3 is 2. The first-order valence-electron chi connectivity index (χ1n) is 16.7. The van der Waals surface area contributed by atoms with Gasteiger partial charge in [-0.3, -0.25) is 9.79 Å². The SMILES string of the molecule is C=C(CCCc1ccc(C(CCC)CCCCCCC(F)(F)F)cc1OC)N=CC(=C(C)C)C(O)=C(C(=N)CCCCOC)C(N)=O. The van der Waals surface area contributed by atoms with Gasteiger partial charge in [0.1, 0.15) is 17.1 Å². The molecule has 0 aliphatic heterocycles. The average Bonchev–Trinajstić information content (AvgIpc) is 2.99. The third kappa shape index (κ3) is 16.3. The molecule has 1 rings (SSSR count). The highest BCUT2D eigenvalue weighted by molar-refractivity contribution is 6.21. The number of nitrogens with zero attached hydrogens (tertiary/aromatic N) is 1. The Balaban J connectivity index is 2.85. The summed E-state index contributed by atoms with van der Waals surface area (Å²) < 4.78 is 48.0. The number of ether oxygens (including phenoxy) is 2. The summed E-state index contributed by atoms with van der Waals surface area (Å²) in [4.78, 5) is 16.6. The molecule has 0 aromatic heterocycles. The van der Waals surface area contributed by atoms with E-state index in [1.165, 1.54) is 11.8 Å². The Morgan fingerprint density at radius 1 is 1.06 bits per heavy atom. The van der Waals surface area contributed by atoms with Crippen LogP contribution in [0.4, 0.5) is 13.2 Å². The van der Waals surface area contributed by atoms with Crippen molar-refractivity contribution in [3.8, 4) is 5.75 Å². The zero-order chi connectivity index (χ0) is 35.4. The lowest BCUT2D eigenvalue weighted by Crippen LogP contribution is -2.23. The third-order valence-electron chi connectivity index (χ3n) is 8.07. The van der Waals surface area contributed by atoms with Crippen LogP contribution in [-0.4, -0.2) is 49.9 Å². The van der Waals surface area contributed by atoms with E-state index < -0.39 is 18.5 Å². The molecule has 7 nitrogen and oxygen atoms in total. The monoisotopic (exact) mass is 663 g/mol. The van der Waals surface area contributed by atoms with E-state index in [1.54, 1.807) is 28.1 Å². The van der Waals surface area contributed by atoms with E-state index in [-0.39, 0.29) is 29.9 Å². The third-order valence-corrected chi connectivity index (χ3v) is 8.07. The lowest BCUT2D eigenvalue weighted by atomic mass is 9.88. The molecule has 0 radical (unpaired) electrons.